The van der Waals surface area contributed by atoms with Crippen molar-refractivity contribution in [3.8, 4) is 0 Å². The largest absolute Gasteiger partial charge is 0.480 e. The van der Waals surface area contributed by atoms with Crippen molar-refractivity contribution < 1.29 is 24.0 Å². The van der Waals surface area contributed by atoms with E-state index in [-0.39, 0.29) is 5.56 Å². The SMILES string of the molecule is CCc1oncc1C(=O)N[C@@H](CC(N)=O)C(=O)O. The van der Waals surface area contributed by atoms with Crippen LogP contribution in [0.3, 0.4) is 0 Å². The quantitative estimate of drug-likeness (QED) is 0.614. The van der Waals surface area contributed by atoms with Crippen LogP contribution in [-0.4, -0.2) is 34.1 Å². The van der Waals surface area contributed by atoms with E-state index in [1.807, 2.05) is 0 Å². The molecule has 1 aromatic rings. The fraction of sp³-hybridized carbons (Fsp3) is 0.400. The van der Waals surface area contributed by atoms with E-state index in [0.29, 0.717) is 12.2 Å². The van der Waals surface area contributed by atoms with Gasteiger partial charge in [-0.2, -0.15) is 0 Å². The van der Waals surface area contributed by atoms with Crippen LogP contribution >= 0.6 is 0 Å². The number of carbonyl (C=O) groups is 3. The number of primary amides is 1. The zero-order valence-electron chi connectivity index (χ0n) is 9.67. The third kappa shape index (κ3) is 3.30. The zero-order valence-corrected chi connectivity index (χ0v) is 9.67. The third-order valence-corrected chi connectivity index (χ3v) is 2.22. The number of hydrogen-bond acceptors (Lipinski definition) is 5. The summed E-state index contributed by atoms with van der Waals surface area (Å²) in [5.74, 6) is -2.47. The number of amides is 2. The summed E-state index contributed by atoms with van der Waals surface area (Å²) in [5.41, 5.74) is 5.04. The maximum Gasteiger partial charge on any atom is 0.326 e. The highest BCUT2D eigenvalue weighted by Crippen LogP contribution is 2.09. The van der Waals surface area contributed by atoms with E-state index in [4.69, 9.17) is 15.4 Å². The normalized spacial score (nSPS) is 11.8. The van der Waals surface area contributed by atoms with E-state index in [2.05, 4.69) is 10.5 Å². The Hall–Kier alpha value is -2.38. The molecule has 0 unspecified atom stereocenters. The van der Waals surface area contributed by atoms with E-state index < -0.39 is 30.2 Å². The fourth-order valence-corrected chi connectivity index (χ4v) is 1.34. The van der Waals surface area contributed by atoms with Gasteiger partial charge in [0, 0.05) is 6.42 Å². The number of rotatable bonds is 6. The minimum absolute atomic E-state index is 0.147. The van der Waals surface area contributed by atoms with Crippen molar-refractivity contribution >= 4 is 17.8 Å². The van der Waals surface area contributed by atoms with Gasteiger partial charge in [-0.15, -0.1) is 0 Å². The second kappa shape index (κ2) is 5.80. The molecule has 0 saturated carbocycles. The van der Waals surface area contributed by atoms with Gasteiger partial charge in [-0.3, -0.25) is 9.59 Å². The van der Waals surface area contributed by atoms with Crippen LogP contribution in [0.25, 0.3) is 0 Å². The van der Waals surface area contributed by atoms with Crippen molar-refractivity contribution in [3.63, 3.8) is 0 Å². The lowest BCUT2D eigenvalue weighted by atomic mass is 10.1. The molecule has 1 aromatic heterocycles. The standard InChI is InChI=1S/C10H13N3O5/c1-2-7-5(4-12-18-7)9(15)13-6(10(16)17)3-8(11)14/h4,6H,2-3H2,1H3,(H2,11,14)(H,13,15)(H,16,17)/t6-/m0/s1. The van der Waals surface area contributed by atoms with Gasteiger partial charge in [-0.1, -0.05) is 12.1 Å². The molecular weight excluding hydrogens is 242 g/mol. The molecule has 4 N–H and O–H groups in total. The summed E-state index contributed by atoms with van der Waals surface area (Å²) >= 11 is 0. The van der Waals surface area contributed by atoms with Gasteiger partial charge in [-0.25, -0.2) is 4.79 Å². The molecule has 0 spiro atoms. The summed E-state index contributed by atoms with van der Waals surface area (Å²) in [5, 5.41) is 14.5. The monoisotopic (exact) mass is 255 g/mol. The Morgan fingerprint density at radius 1 is 1.56 bits per heavy atom. The molecule has 1 atom stereocenters. The second-order valence-electron chi connectivity index (χ2n) is 3.55. The van der Waals surface area contributed by atoms with Gasteiger partial charge >= 0.3 is 5.97 Å². The molecular formula is C10H13N3O5. The summed E-state index contributed by atoms with van der Waals surface area (Å²) < 4.78 is 4.81. The number of carbonyl (C=O) groups excluding carboxylic acids is 2. The maximum absolute atomic E-state index is 11.8. The molecule has 0 radical (unpaired) electrons. The molecule has 98 valence electrons. The predicted octanol–water partition coefficient (Wildman–Crippen LogP) is -0.705. The van der Waals surface area contributed by atoms with Crippen molar-refractivity contribution in [2.75, 3.05) is 0 Å². The van der Waals surface area contributed by atoms with Gasteiger partial charge in [0.15, 0.2) is 0 Å². The smallest absolute Gasteiger partial charge is 0.326 e. The minimum atomic E-state index is -1.37. The summed E-state index contributed by atoms with van der Waals surface area (Å²) in [6.07, 6.45) is 1.15. The summed E-state index contributed by atoms with van der Waals surface area (Å²) in [7, 11) is 0. The topological polar surface area (TPSA) is 136 Å². The van der Waals surface area contributed by atoms with Gasteiger partial charge in [0.1, 0.15) is 17.4 Å². The Labute approximate surface area is 102 Å². The second-order valence-corrected chi connectivity index (χ2v) is 3.55. The number of aromatic nitrogens is 1. The van der Waals surface area contributed by atoms with Crippen LogP contribution in [0.15, 0.2) is 10.7 Å². The molecule has 0 aliphatic rings. The molecule has 18 heavy (non-hydrogen) atoms. The van der Waals surface area contributed by atoms with Gasteiger partial charge in [0.25, 0.3) is 5.91 Å². The number of carboxylic acid groups (broad SMARTS) is 1. The number of aliphatic carboxylic acids is 1. The van der Waals surface area contributed by atoms with Gasteiger partial charge < -0.3 is 20.7 Å². The van der Waals surface area contributed by atoms with Crippen molar-refractivity contribution in [2.45, 2.75) is 25.8 Å². The first-order valence-corrected chi connectivity index (χ1v) is 5.21. The Morgan fingerprint density at radius 2 is 2.22 bits per heavy atom. The van der Waals surface area contributed by atoms with Crippen LogP contribution in [0, 0.1) is 0 Å². The summed E-state index contributed by atoms with van der Waals surface area (Å²) in [6, 6.07) is -1.37. The lowest BCUT2D eigenvalue weighted by Gasteiger charge is -2.12. The van der Waals surface area contributed by atoms with Crippen LogP contribution in [0.4, 0.5) is 0 Å². The van der Waals surface area contributed by atoms with Gasteiger partial charge in [0.2, 0.25) is 5.91 Å². The van der Waals surface area contributed by atoms with E-state index in [1.165, 1.54) is 6.20 Å². The van der Waals surface area contributed by atoms with Crippen molar-refractivity contribution in [2.24, 2.45) is 5.73 Å². The van der Waals surface area contributed by atoms with E-state index in [1.54, 1.807) is 6.92 Å². The molecule has 0 bridgehead atoms. The Bertz CT molecular complexity index is 468. The molecule has 8 heteroatoms. The average Bonchev–Trinajstić information content (AvgIpc) is 2.75. The first kappa shape index (κ1) is 13.7. The van der Waals surface area contributed by atoms with Crippen LogP contribution in [0.1, 0.15) is 29.5 Å². The first-order valence-electron chi connectivity index (χ1n) is 5.21. The number of carboxylic acids is 1. The molecule has 0 aromatic carbocycles. The summed E-state index contributed by atoms with van der Waals surface area (Å²) in [6.45, 7) is 1.76. The highest BCUT2D eigenvalue weighted by atomic mass is 16.5. The van der Waals surface area contributed by atoms with Crippen molar-refractivity contribution in [1.82, 2.24) is 10.5 Å². The van der Waals surface area contributed by atoms with Crippen molar-refractivity contribution in [3.05, 3.63) is 17.5 Å². The van der Waals surface area contributed by atoms with Gasteiger partial charge in [0.05, 0.1) is 12.6 Å². The Balaban J connectivity index is 2.78. The lowest BCUT2D eigenvalue weighted by molar-refractivity contribution is -0.140. The number of hydrogen-bond donors (Lipinski definition) is 3. The van der Waals surface area contributed by atoms with Crippen LogP contribution < -0.4 is 11.1 Å². The zero-order chi connectivity index (χ0) is 13.7. The van der Waals surface area contributed by atoms with E-state index >= 15 is 0 Å². The maximum atomic E-state index is 11.8. The number of nitrogens with zero attached hydrogens (tertiary/aromatic N) is 1. The van der Waals surface area contributed by atoms with Crippen molar-refractivity contribution in [1.29, 1.82) is 0 Å². The molecule has 8 nitrogen and oxygen atoms in total. The number of aryl methyl sites for hydroxylation is 1. The number of nitrogens with two attached hydrogens (primary N) is 1. The molecule has 1 rings (SSSR count). The summed E-state index contributed by atoms with van der Waals surface area (Å²) in [4.78, 5) is 33.3. The highest BCUT2D eigenvalue weighted by molar-refractivity contribution is 5.98. The molecule has 0 fully saturated rings. The molecule has 1 heterocycles. The highest BCUT2D eigenvalue weighted by Gasteiger charge is 2.24. The van der Waals surface area contributed by atoms with Crippen LogP contribution in [0.5, 0.6) is 0 Å². The Kier molecular flexibility index (Phi) is 4.41. The third-order valence-electron chi connectivity index (χ3n) is 2.22. The van der Waals surface area contributed by atoms with E-state index in [9.17, 15) is 14.4 Å². The van der Waals surface area contributed by atoms with Crippen LogP contribution in [0.2, 0.25) is 0 Å². The first-order chi connectivity index (χ1) is 8.45. The minimum Gasteiger partial charge on any atom is -0.480 e. The molecule has 0 aliphatic carbocycles. The lowest BCUT2D eigenvalue weighted by Crippen LogP contribution is -2.43. The van der Waals surface area contributed by atoms with Gasteiger partial charge in [-0.05, 0) is 0 Å². The van der Waals surface area contributed by atoms with E-state index in [0.717, 1.165) is 0 Å². The molecule has 0 aliphatic heterocycles. The number of nitrogens with one attached hydrogen (secondary N) is 1. The fourth-order valence-electron chi connectivity index (χ4n) is 1.34. The predicted molar refractivity (Wildman–Crippen MR) is 58.6 cm³/mol. The molecule has 2 amide bonds. The Morgan fingerprint density at radius 3 is 2.72 bits per heavy atom. The van der Waals surface area contributed by atoms with Crippen LogP contribution in [-0.2, 0) is 16.0 Å². The average molecular weight is 255 g/mol. The molecule has 0 saturated heterocycles.